The van der Waals surface area contributed by atoms with Gasteiger partial charge in [0.25, 0.3) is 0 Å². The summed E-state index contributed by atoms with van der Waals surface area (Å²) >= 11 is 7.60. The number of ether oxygens (including phenoxy) is 2. The van der Waals surface area contributed by atoms with Crippen LogP contribution in [0.2, 0.25) is 5.02 Å². The predicted molar refractivity (Wildman–Crippen MR) is 101 cm³/mol. The molecule has 4 rings (SSSR count). The lowest BCUT2D eigenvalue weighted by Gasteiger charge is -2.29. The van der Waals surface area contributed by atoms with Crippen molar-refractivity contribution in [1.82, 2.24) is 9.88 Å². The molecule has 6 nitrogen and oxygen atoms in total. The second-order valence-electron chi connectivity index (χ2n) is 6.73. The molecule has 0 radical (unpaired) electrons. The molecule has 1 aromatic carbocycles. The molecule has 0 N–H and O–H groups in total. The van der Waals surface area contributed by atoms with Crippen LogP contribution >= 0.6 is 22.9 Å². The quantitative estimate of drug-likeness (QED) is 0.800. The highest BCUT2D eigenvalue weighted by atomic mass is 35.5. The van der Waals surface area contributed by atoms with Gasteiger partial charge in [-0.3, -0.25) is 9.80 Å². The van der Waals surface area contributed by atoms with E-state index in [0.29, 0.717) is 31.3 Å². The molecule has 26 heavy (non-hydrogen) atoms. The number of carbonyl (C=O) groups is 1. The van der Waals surface area contributed by atoms with Crippen molar-refractivity contribution in [3.63, 3.8) is 0 Å². The molecule has 8 heteroatoms. The summed E-state index contributed by atoms with van der Waals surface area (Å²) in [6, 6.07) is 7.21. The standard InChI is InChI=1S/C18H20ClN3O3S/c1-13-20-15(9-26-13)8-21-6-7-24-12-18(10-21)11-22(17(23)25-18)16-4-2-14(19)3-5-16/h2-5,9H,6-8,10-12H2,1H3. The Morgan fingerprint density at radius 2 is 2.12 bits per heavy atom. The molecule has 1 spiro atoms. The molecule has 2 fully saturated rings. The maximum absolute atomic E-state index is 12.5. The summed E-state index contributed by atoms with van der Waals surface area (Å²) in [5.41, 5.74) is 1.16. The van der Waals surface area contributed by atoms with E-state index < -0.39 is 5.60 Å². The zero-order chi connectivity index (χ0) is 18.1. The van der Waals surface area contributed by atoms with Crippen molar-refractivity contribution in [1.29, 1.82) is 0 Å². The van der Waals surface area contributed by atoms with E-state index in [-0.39, 0.29) is 6.09 Å². The number of anilines is 1. The van der Waals surface area contributed by atoms with Crippen molar-refractivity contribution in [3.8, 4) is 0 Å². The van der Waals surface area contributed by atoms with Gasteiger partial charge in [0.1, 0.15) is 0 Å². The first-order valence-electron chi connectivity index (χ1n) is 8.50. The van der Waals surface area contributed by atoms with Gasteiger partial charge in [-0.25, -0.2) is 9.78 Å². The monoisotopic (exact) mass is 393 g/mol. The number of aryl methyl sites for hydroxylation is 1. The van der Waals surface area contributed by atoms with Crippen LogP contribution in [0.1, 0.15) is 10.7 Å². The molecule has 1 atom stereocenters. The number of amides is 1. The molecule has 0 aliphatic carbocycles. The van der Waals surface area contributed by atoms with Gasteiger partial charge in [0.05, 0.1) is 30.5 Å². The number of thiazole rings is 1. The molecular formula is C18H20ClN3O3S. The molecule has 2 aliphatic rings. The molecule has 2 saturated heterocycles. The first kappa shape index (κ1) is 17.7. The fourth-order valence-corrected chi connectivity index (χ4v) is 4.16. The number of hydrogen-bond acceptors (Lipinski definition) is 6. The Labute approximate surface area is 161 Å². The summed E-state index contributed by atoms with van der Waals surface area (Å²) in [5, 5.41) is 3.77. The van der Waals surface area contributed by atoms with Crippen LogP contribution in [-0.2, 0) is 16.0 Å². The average molecular weight is 394 g/mol. The maximum atomic E-state index is 12.5. The molecule has 2 aromatic rings. The number of carbonyl (C=O) groups excluding carboxylic acids is 1. The van der Waals surface area contributed by atoms with Crippen LogP contribution < -0.4 is 4.90 Å². The number of aromatic nitrogens is 1. The summed E-state index contributed by atoms with van der Waals surface area (Å²) in [6.07, 6.45) is -0.345. The van der Waals surface area contributed by atoms with Crippen LogP contribution in [-0.4, -0.2) is 54.4 Å². The Balaban J connectivity index is 1.51. The van der Waals surface area contributed by atoms with Crippen molar-refractivity contribution >= 4 is 34.7 Å². The smallest absolute Gasteiger partial charge is 0.415 e. The Hall–Kier alpha value is -1.67. The number of hydrogen-bond donors (Lipinski definition) is 0. The second kappa shape index (κ2) is 7.15. The summed E-state index contributed by atoms with van der Waals surface area (Å²) in [7, 11) is 0. The van der Waals surface area contributed by atoms with Crippen LogP contribution in [0.25, 0.3) is 0 Å². The van der Waals surface area contributed by atoms with Gasteiger partial charge in [-0.05, 0) is 31.2 Å². The summed E-state index contributed by atoms with van der Waals surface area (Å²) in [5.74, 6) is 0. The minimum absolute atomic E-state index is 0.345. The van der Waals surface area contributed by atoms with Gasteiger partial charge in [0, 0.05) is 35.7 Å². The van der Waals surface area contributed by atoms with E-state index in [9.17, 15) is 4.79 Å². The Bertz CT molecular complexity index is 797. The lowest BCUT2D eigenvalue weighted by molar-refractivity contribution is -0.0155. The third kappa shape index (κ3) is 3.71. The van der Waals surface area contributed by atoms with Crippen molar-refractivity contribution in [2.24, 2.45) is 0 Å². The Kier molecular flexibility index (Phi) is 4.88. The zero-order valence-electron chi connectivity index (χ0n) is 14.5. The molecule has 0 saturated carbocycles. The minimum atomic E-state index is -0.668. The van der Waals surface area contributed by atoms with E-state index in [1.165, 1.54) is 0 Å². The van der Waals surface area contributed by atoms with Crippen molar-refractivity contribution in [2.45, 2.75) is 19.1 Å². The topological polar surface area (TPSA) is 54.9 Å². The van der Waals surface area contributed by atoms with Gasteiger partial charge in [-0.2, -0.15) is 0 Å². The molecule has 0 bridgehead atoms. The van der Waals surface area contributed by atoms with E-state index in [0.717, 1.165) is 29.5 Å². The Morgan fingerprint density at radius 3 is 2.85 bits per heavy atom. The predicted octanol–water partition coefficient (Wildman–Crippen LogP) is 3.33. The number of nitrogens with zero attached hydrogens (tertiary/aromatic N) is 3. The van der Waals surface area contributed by atoms with Crippen molar-refractivity contribution in [2.75, 3.05) is 37.7 Å². The molecule has 1 amide bonds. The molecule has 1 aromatic heterocycles. The van der Waals surface area contributed by atoms with Crippen LogP contribution in [0.15, 0.2) is 29.6 Å². The van der Waals surface area contributed by atoms with Crippen LogP contribution in [0, 0.1) is 6.92 Å². The lowest BCUT2D eigenvalue weighted by atomic mass is 10.0. The third-order valence-corrected chi connectivity index (χ3v) is 5.66. The first-order chi connectivity index (χ1) is 12.5. The van der Waals surface area contributed by atoms with Gasteiger partial charge >= 0.3 is 6.09 Å². The van der Waals surface area contributed by atoms with E-state index in [1.54, 1.807) is 28.4 Å². The van der Waals surface area contributed by atoms with Crippen molar-refractivity contribution < 1.29 is 14.3 Å². The average Bonchev–Trinajstić information content (AvgIpc) is 3.08. The fourth-order valence-electron chi connectivity index (χ4n) is 3.43. The van der Waals surface area contributed by atoms with Crippen molar-refractivity contribution in [3.05, 3.63) is 45.4 Å². The van der Waals surface area contributed by atoms with Crippen LogP contribution in [0.5, 0.6) is 0 Å². The molecule has 138 valence electrons. The molecule has 2 aliphatic heterocycles. The van der Waals surface area contributed by atoms with Gasteiger partial charge < -0.3 is 9.47 Å². The van der Waals surface area contributed by atoms with Crippen LogP contribution in [0.3, 0.4) is 0 Å². The van der Waals surface area contributed by atoms with E-state index in [4.69, 9.17) is 21.1 Å². The highest BCUT2D eigenvalue weighted by Crippen LogP contribution is 2.31. The summed E-state index contributed by atoms with van der Waals surface area (Å²) in [6.45, 7) is 5.62. The molecule has 1 unspecified atom stereocenters. The lowest BCUT2D eigenvalue weighted by Crippen LogP contribution is -2.47. The third-order valence-electron chi connectivity index (χ3n) is 4.59. The highest BCUT2D eigenvalue weighted by Gasteiger charge is 2.48. The van der Waals surface area contributed by atoms with E-state index >= 15 is 0 Å². The first-order valence-corrected chi connectivity index (χ1v) is 9.76. The fraction of sp³-hybridized carbons (Fsp3) is 0.444. The zero-order valence-corrected chi connectivity index (χ0v) is 16.1. The van der Waals surface area contributed by atoms with E-state index in [2.05, 4.69) is 15.3 Å². The minimum Gasteiger partial charge on any atom is -0.437 e. The normalized spacial score (nSPS) is 24.1. The van der Waals surface area contributed by atoms with Gasteiger partial charge in [-0.1, -0.05) is 11.6 Å². The number of rotatable bonds is 3. The Morgan fingerprint density at radius 1 is 1.31 bits per heavy atom. The molecular weight excluding hydrogens is 374 g/mol. The molecule has 3 heterocycles. The maximum Gasteiger partial charge on any atom is 0.415 e. The van der Waals surface area contributed by atoms with Crippen LogP contribution in [0.4, 0.5) is 10.5 Å². The number of halogens is 1. The second-order valence-corrected chi connectivity index (χ2v) is 8.23. The van der Waals surface area contributed by atoms with Gasteiger partial charge in [0.15, 0.2) is 5.60 Å². The number of benzene rings is 1. The summed E-state index contributed by atoms with van der Waals surface area (Å²) in [4.78, 5) is 20.9. The van der Waals surface area contributed by atoms with E-state index in [1.807, 2.05) is 19.1 Å². The summed E-state index contributed by atoms with van der Waals surface area (Å²) < 4.78 is 11.6. The largest absolute Gasteiger partial charge is 0.437 e. The van der Waals surface area contributed by atoms with Gasteiger partial charge in [0.2, 0.25) is 0 Å². The van der Waals surface area contributed by atoms with Gasteiger partial charge in [-0.15, -0.1) is 11.3 Å². The highest BCUT2D eigenvalue weighted by molar-refractivity contribution is 7.09. The SMILES string of the molecule is Cc1nc(CN2CCOCC3(C2)CN(c2ccc(Cl)cc2)C(=O)O3)cs1.